The summed E-state index contributed by atoms with van der Waals surface area (Å²) in [5, 5.41) is 6.00. The van der Waals surface area contributed by atoms with E-state index in [9.17, 15) is 26.4 Å². The van der Waals surface area contributed by atoms with Crippen molar-refractivity contribution in [2.24, 2.45) is 5.92 Å². The molecule has 0 spiro atoms. The normalized spacial score (nSPS) is 19.9. The van der Waals surface area contributed by atoms with Gasteiger partial charge in [-0.25, -0.2) is 13.4 Å². The van der Waals surface area contributed by atoms with Crippen LogP contribution in [0.3, 0.4) is 0 Å². The summed E-state index contributed by atoms with van der Waals surface area (Å²) in [7, 11) is -4.07. The van der Waals surface area contributed by atoms with Gasteiger partial charge in [0.2, 0.25) is 5.95 Å². The highest BCUT2D eigenvalue weighted by Gasteiger charge is 2.38. The Morgan fingerprint density at radius 2 is 1.64 bits per heavy atom. The fourth-order valence-corrected chi connectivity index (χ4v) is 8.54. The summed E-state index contributed by atoms with van der Waals surface area (Å²) in [5.74, 6) is 0.247. The van der Waals surface area contributed by atoms with Gasteiger partial charge >= 0.3 is 6.18 Å². The molecule has 2 N–H and O–H groups in total. The van der Waals surface area contributed by atoms with Crippen molar-refractivity contribution in [2.45, 2.75) is 54.7 Å². The van der Waals surface area contributed by atoms with Crippen LogP contribution >= 0.6 is 0 Å². The van der Waals surface area contributed by atoms with Crippen LogP contribution < -0.4 is 16.2 Å². The third kappa shape index (κ3) is 7.28. The lowest BCUT2D eigenvalue weighted by Crippen LogP contribution is -2.33. The molecule has 7 rings (SSSR count). The number of pyridine rings is 1. The lowest BCUT2D eigenvalue weighted by Gasteiger charge is -2.24. The quantitative estimate of drug-likeness (QED) is 0.249. The van der Waals surface area contributed by atoms with Crippen molar-refractivity contribution in [1.82, 2.24) is 19.9 Å². The Morgan fingerprint density at radius 1 is 0.920 bits per heavy atom. The molecule has 266 valence electrons. The predicted molar refractivity (Wildman–Crippen MR) is 180 cm³/mol. The third-order valence-electron chi connectivity index (χ3n) is 9.60. The Morgan fingerprint density at radius 3 is 2.32 bits per heavy atom. The second kappa shape index (κ2) is 14.4. The number of fused-ring (bicyclic) bond motifs is 1. The summed E-state index contributed by atoms with van der Waals surface area (Å²) in [6.45, 7) is 3.84. The fourth-order valence-electron chi connectivity index (χ4n) is 6.81. The van der Waals surface area contributed by atoms with Crippen molar-refractivity contribution in [3.8, 4) is 11.1 Å². The van der Waals surface area contributed by atoms with Crippen LogP contribution in [0, 0.1) is 5.92 Å². The van der Waals surface area contributed by atoms with Gasteiger partial charge in [0, 0.05) is 68.9 Å². The first-order valence-corrected chi connectivity index (χ1v) is 18.3. The molecular weight excluding hydrogens is 675 g/mol. The Labute approximate surface area is 287 Å². The van der Waals surface area contributed by atoms with Crippen molar-refractivity contribution in [1.29, 1.82) is 0 Å². The van der Waals surface area contributed by atoms with Crippen LogP contribution in [0.1, 0.15) is 42.9 Å². The van der Waals surface area contributed by atoms with Gasteiger partial charge in [-0.2, -0.15) is 18.2 Å². The van der Waals surface area contributed by atoms with E-state index in [0.717, 1.165) is 30.8 Å². The summed E-state index contributed by atoms with van der Waals surface area (Å²) in [6.07, 6.45) is -1.77. The molecule has 11 nitrogen and oxygen atoms in total. The zero-order valence-corrected chi connectivity index (χ0v) is 28.1. The van der Waals surface area contributed by atoms with E-state index in [1.807, 2.05) is 24.3 Å². The minimum Gasteiger partial charge on any atom is -0.381 e. The molecule has 3 aliphatic rings. The Kier molecular flexibility index (Phi) is 9.94. The third-order valence-corrected chi connectivity index (χ3v) is 11.9. The van der Waals surface area contributed by atoms with Crippen LogP contribution in [0.4, 0.5) is 24.8 Å². The average Bonchev–Trinajstić information content (AvgIpc) is 3.14. The summed E-state index contributed by atoms with van der Waals surface area (Å²) >= 11 is 0. The number of aromatic nitrogens is 3. The largest absolute Gasteiger partial charge is 0.417 e. The number of morpholine rings is 1. The Hall–Kier alpha value is -3.89. The van der Waals surface area contributed by atoms with E-state index >= 15 is 0 Å². The number of nitrogens with zero attached hydrogens (tertiary/aromatic N) is 3. The van der Waals surface area contributed by atoms with Crippen molar-refractivity contribution in [3.05, 3.63) is 76.2 Å². The molecule has 0 amide bonds. The number of benzene rings is 2. The van der Waals surface area contributed by atoms with E-state index in [-0.39, 0.29) is 61.8 Å². The van der Waals surface area contributed by atoms with Crippen molar-refractivity contribution < 1.29 is 35.8 Å². The topological polar surface area (TPSA) is 134 Å². The molecular formula is C35H38F3N5O6S. The molecule has 1 atom stereocenters. The molecule has 2 aromatic heterocycles. The van der Waals surface area contributed by atoms with Crippen LogP contribution in [-0.4, -0.2) is 74.3 Å². The molecule has 0 bridgehead atoms. The van der Waals surface area contributed by atoms with Crippen LogP contribution in [0.2, 0.25) is 0 Å². The van der Waals surface area contributed by atoms with Gasteiger partial charge in [-0.3, -0.25) is 9.36 Å². The maximum atomic E-state index is 14.7. The molecule has 3 saturated heterocycles. The fraction of sp³-hybridized carbons (Fsp3) is 0.457. The summed E-state index contributed by atoms with van der Waals surface area (Å²) in [5.41, 5.74) is -0.485. The van der Waals surface area contributed by atoms with Gasteiger partial charge in [-0.05, 0) is 73.1 Å². The number of sulfone groups is 1. The standard InChI is InChI=1S/C35H38F3N5O6S/c36-35(37,38)30-18-27(50(45,46)26-9-14-48-15-10-26)5-6-28(30)29-17-24-19-40-34(41-25-3-1-23(2-4-25)31-20-39-11-16-49-31)42-32(24)43(33(29)44)21-22-7-12-47-13-8-22/h1-6,17-19,22,26,31,39H,7-16,20-21H2,(H,40,41,42). The van der Waals surface area contributed by atoms with Crippen LogP contribution in [0.5, 0.6) is 0 Å². The smallest absolute Gasteiger partial charge is 0.381 e. The van der Waals surface area contributed by atoms with E-state index < -0.39 is 42.8 Å². The number of rotatable bonds is 8. The first-order chi connectivity index (χ1) is 24.1. The van der Waals surface area contributed by atoms with E-state index in [4.69, 9.17) is 14.2 Å². The van der Waals surface area contributed by atoms with E-state index in [1.54, 1.807) is 0 Å². The zero-order chi connectivity index (χ0) is 34.9. The number of anilines is 2. The van der Waals surface area contributed by atoms with E-state index in [2.05, 4.69) is 20.6 Å². The molecule has 2 aromatic carbocycles. The summed E-state index contributed by atoms with van der Waals surface area (Å²) in [6, 6.07) is 11.9. The van der Waals surface area contributed by atoms with Gasteiger partial charge in [0.05, 0.1) is 28.4 Å². The van der Waals surface area contributed by atoms with E-state index in [0.29, 0.717) is 49.8 Å². The maximum Gasteiger partial charge on any atom is 0.417 e. The minimum absolute atomic E-state index is 0.0318. The molecule has 3 fully saturated rings. The molecule has 0 aliphatic carbocycles. The lowest BCUT2D eigenvalue weighted by molar-refractivity contribution is -0.137. The van der Waals surface area contributed by atoms with Gasteiger partial charge in [0.25, 0.3) is 5.56 Å². The van der Waals surface area contributed by atoms with Crippen molar-refractivity contribution >= 4 is 32.5 Å². The minimum atomic E-state index is -4.94. The van der Waals surface area contributed by atoms with Gasteiger partial charge < -0.3 is 24.8 Å². The highest BCUT2D eigenvalue weighted by Crippen LogP contribution is 2.39. The summed E-state index contributed by atoms with van der Waals surface area (Å²) < 4.78 is 88.7. The average molecular weight is 714 g/mol. The van der Waals surface area contributed by atoms with Crippen molar-refractivity contribution in [2.75, 3.05) is 51.4 Å². The number of nitrogens with one attached hydrogen (secondary N) is 2. The van der Waals surface area contributed by atoms with Crippen LogP contribution in [0.25, 0.3) is 22.2 Å². The SMILES string of the molecule is O=c1c(-c2ccc(S(=O)(=O)C3CCOCC3)cc2C(F)(F)F)cc2cnc(Nc3ccc(C4CNCCO4)cc3)nc2n1CC1CCOCC1. The maximum absolute atomic E-state index is 14.7. The zero-order valence-electron chi connectivity index (χ0n) is 27.2. The highest BCUT2D eigenvalue weighted by atomic mass is 32.2. The molecule has 4 aromatic rings. The van der Waals surface area contributed by atoms with Gasteiger partial charge in [0.15, 0.2) is 9.84 Å². The molecule has 0 saturated carbocycles. The Bertz CT molecular complexity index is 2000. The van der Waals surface area contributed by atoms with Crippen LogP contribution in [-0.2, 0) is 36.8 Å². The van der Waals surface area contributed by atoms with Crippen molar-refractivity contribution in [3.63, 3.8) is 0 Å². The highest BCUT2D eigenvalue weighted by molar-refractivity contribution is 7.92. The number of hydrogen-bond donors (Lipinski definition) is 2. The molecule has 15 heteroatoms. The molecule has 3 aliphatic heterocycles. The number of halogens is 3. The first kappa shape index (κ1) is 34.6. The molecule has 5 heterocycles. The second-order valence-corrected chi connectivity index (χ2v) is 15.1. The summed E-state index contributed by atoms with van der Waals surface area (Å²) in [4.78, 5) is 22.9. The van der Waals surface area contributed by atoms with Gasteiger partial charge in [-0.15, -0.1) is 0 Å². The molecule has 1 unspecified atom stereocenters. The lowest BCUT2D eigenvalue weighted by atomic mass is 9.98. The van der Waals surface area contributed by atoms with E-state index in [1.165, 1.54) is 16.8 Å². The monoisotopic (exact) mass is 713 g/mol. The number of alkyl halides is 3. The molecule has 50 heavy (non-hydrogen) atoms. The number of ether oxygens (including phenoxy) is 3. The number of hydrogen-bond acceptors (Lipinski definition) is 10. The van der Waals surface area contributed by atoms with Crippen LogP contribution in [0.15, 0.2) is 64.4 Å². The molecule has 0 radical (unpaired) electrons. The predicted octanol–water partition coefficient (Wildman–Crippen LogP) is 5.26. The van der Waals surface area contributed by atoms with Gasteiger partial charge in [-0.1, -0.05) is 18.2 Å². The Balaban J connectivity index is 1.28. The first-order valence-electron chi connectivity index (χ1n) is 16.8. The second-order valence-electron chi connectivity index (χ2n) is 12.9. The van der Waals surface area contributed by atoms with Gasteiger partial charge in [0.1, 0.15) is 5.65 Å².